The third-order valence-corrected chi connectivity index (χ3v) is 4.75. The maximum absolute atomic E-state index is 12.6. The van der Waals surface area contributed by atoms with E-state index in [0.717, 1.165) is 12.0 Å². The Bertz CT molecular complexity index is 879. The van der Waals surface area contributed by atoms with Gasteiger partial charge in [0.2, 0.25) is 0 Å². The summed E-state index contributed by atoms with van der Waals surface area (Å²) in [5, 5.41) is 5.48. The average molecular weight is 451 g/mol. The molecule has 10 heteroatoms. The van der Waals surface area contributed by atoms with Crippen LogP contribution < -0.4 is 22.1 Å². The van der Waals surface area contributed by atoms with Crippen molar-refractivity contribution in [1.82, 2.24) is 20.6 Å². The third-order valence-electron chi connectivity index (χ3n) is 4.47. The molecule has 0 saturated carbocycles. The molecule has 6 N–H and O–H groups in total. The minimum atomic E-state index is -0.595. The Labute approximate surface area is 187 Å². The molecule has 0 spiro atoms. The Kier molecular flexibility index (Phi) is 8.27. The zero-order chi connectivity index (χ0) is 23.2. The lowest BCUT2D eigenvalue weighted by Crippen LogP contribution is -2.39. The largest absolute Gasteiger partial charge is 0.444 e. The van der Waals surface area contributed by atoms with Crippen LogP contribution in [0.4, 0.5) is 16.4 Å². The molecule has 170 valence electrons. The minimum Gasteiger partial charge on any atom is -0.444 e. The zero-order valence-electron chi connectivity index (χ0n) is 18.4. The second-order valence-electron chi connectivity index (χ2n) is 8.65. The average Bonchev–Trinajstić information content (AvgIpc) is 2.65. The van der Waals surface area contributed by atoms with E-state index in [1.807, 2.05) is 0 Å². The van der Waals surface area contributed by atoms with Crippen LogP contribution in [-0.4, -0.2) is 40.7 Å². The lowest BCUT2D eigenvalue weighted by molar-refractivity contribution is 0.0519. The molecular formula is C21H31ClN6O3. The number of nitrogens with two attached hydrogens (primary N) is 2. The van der Waals surface area contributed by atoms with Crippen LogP contribution in [0.5, 0.6) is 0 Å². The molecule has 0 fully saturated rings. The van der Waals surface area contributed by atoms with Gasteiger partial charge in [-0.15, -0.1) is 0 Å². The molecule has 2 unspecified atom stereocenters. The Morgan fingerprint density at radius 2 is 1.90 bits per heavy atom. The van der Waals surface area contributed by atoms with Gasteiger partial charge >= 0.3 is 6.09 Å². The van der Waals surface area contributed by atoms with E-state index in [4.69, 9.17) is 27.8 Å². The van der Waals surface area contributed by atoms with E-state index < -0.39 is 17.6 Å². The van der Waals surface area contributed by atoms with Crippen LogP contribution >= 0.6 is 11.6 Å². The molecular weight excluding hydrogens is 420 g/mol. The Balaban J connectivity index is 2.05. The van der Waals surface area contributed by atoms with E-state index in [1.165, 1.54) is 0 Å². The Morgan fingerprint density at radius 3 is 2.55 bits per heavy atom. The topological polar surface area (TPSA) is 145 Å². The predicted molar refractivity (Wildman–Crippen MR) is 122 cm³/mol. The number of ether oxygens (including phenoxy) is 1. The number of rotatable bonds is 7. The molecule has 1 aliphatic carbocycles. The molecule has 9 nitrogen and oxygen atoms in total. The van der Waals surface area contributed by atoms with Gasteiger partial charge in [-0.3, -0.25) is 4.79 Å². The first kappa shape index (κ1) is 24.5. The highest BCUT2D eigenvalue weighted by Gasteiger charge is 2.21. The van der Waals surface area contributed by atoms with Gasteiger partial charge < -0.3 is 26.8 Å². The smallest absolute Gasteiger partial charge is 0.407 e. The number of aromatic nitrogens is 2. The van der Waals surface area contributed by atoms with E-state index in [2.05, 4.69) is 45.8 Å². The summed E-state index contributed by atoms with van der Waals surface area (Å²) in [4.78, 5) is 32.4. The highest BCUT2D eigenvalue weighted by atomic mass is 35.5. The first-order chi connectivity index (χ1) is 14.4. The number of anilines is 2. The number of amides is 2. The molecule has 1 aromatic heterocycles. The van der Waals surface area contributed by atoms with E-state index in [0.29, 0.717) is 18.9 Å². The van der Waals surface area contributed by atoms with Crippen molar-refractivity contribution < 1.29 is 14.3 Å². The summed E-state index contributed by atoms with van der Waals surface area (Å²) < 4.78 is 5.30. The zero-order valence-corrected chi connectivity index (χ0v) is 19.1. The Morgan fingerprint density at radius 1 is 1.23 bits per heavy atom. The molecule has 0 aromatic carbocycles. The lowest BCUT2D eigenvalue weighted by Gasteiger charge is -2.23. The van der Waals surface area contributed by atoms with Crippen molar-refractivity contribution in [2.45, 2.75) is 46.1 Å². The number of carbonyl (C=O) groups is 2. The summed E-state index contributed by atoms with van der Waals surface area (Å²) >= 11 is 5.86. The molecule has 1 aliphatic rings. The summed E-state index contributed by atoms with van der Waals surface area (Å²) in [7, 11) is 0. The van der Waals surface area contributed by atoms with Gasteiger partial charge in [0.1, 0.15) is 5.60 Å². The molecule has 1 heterocycles. The summed E-state index contributed by atoms with van der Waals surface area (Å²) in [5.74, 6) is -0.303. The van der Waals surface area contributed by atoms with Crippen LogP contribution in [-0.2, 0) is 4.74 Å². The van der Waals surface area contributed by atoms with Crippen molar-refractivity contribution in [3.8, 4) is 0 Å². The second-order valence-corrected chi connectivity index (χ2v) is 9.01. The van der Waals surface area contributed by atoms with Gasteiger partial charge in [-0.25, -0.2) is 14.8 Å². The first-order valence-corrected chi connectivity index (χ1v) is 10.5. The number of nitrogen functional groups attached to an aromatic ring is 2. The van der Waals surface area contributed by atoms with Gasteiger partial charge in [0, 0.05) is 13.1 Å². The van der Waals surface area contributed by atoms with Crippen LogP contribution in [0, 0.1) is 11.8 Å². The van der Waals surface area contributed by atoms with Gasteiger partial charge in [-0.2, -0.15) is 0 Å². The minimum absolute atomic E-state index is 0.0414. The molecule has 0 saturated heterocycles. The van der Waals surface area contributed by atoms with E-state index in [-0.39, 0.29) is 34.9 Å². The molecule has 2 rings (SSSR count). The molecule has 2 atom stereocenters. The fourth-order valence-corrected chi connectivity index (χ4v) is 3.21. The SMILES string of the molecule is CC1C=C(CC(CNC(=O)OC(C)(C)C)CNC(=O)c2nc(Cl)c(N)nc2N)C=CC1. The van der Waals surface area contributed by atoms with Crippen LogP contribution in [0.15, 0.2) is 23.8 Å². The first-order valence-electron chi connectivity index (χ1n) is 10.2. The maximum Gasteiger partial charge on any atom is 0.407 e. The third kappa shape index (κ3) is 8.09. The number of hydrogen-bond donors (Lipinski definition) is 4. The molecule has 0 aliphatic heterocycles. The molecule has 31 heavy (non-hydrogen) atoms. The predicted octanol–water partition coefficient (Wildman–Crippen LogP) is 3.08. The van der Waals surface area contributed by atoms with Gasteiger partial charge in [-0.05, 0) is 45.4 Å². The molecule has 0 radical (unpaired) electrons. The van der Waals surface area contributed by atoms with Crippen molar-refractivity contribution >= 4 is 35.2 Å². The summed E-state index contributed by atoms with van der Waals surface area (Å²) in [6.07, 6.45) is 7.56. The van der Waals surface area contributed by atoms with Crippen LogP contribution in [0.25, 0.3) is 0 Å². The van der Waals surface area contributed by atoms with Crippen molar-refractivity contribution in [3.05, 3.63) is 34.6 Å². The van der Waals surface area contributed by atoms with Crippen molar-refractivity contribution in [3.63, 3.8) is 0 Å². The van der Waals surface area contributed by atoms with Gasteiger partial charge in [0.25, 0.3) is 5.91 Å². The summed E-state index contributed by atoms with van der Waals surface area (Å²) in [6.45, 7) is 8.13. The van der Waals surface area contributed by atoms with E-state index in [9.17, 15) is 9.59 Å². The molecule has 1 aromatic rings. The number of nitrogens with one attached hydrogen (secondary N) is 2. The summed E-state index contributed by atoms with van der Waals surface area (Å²) in [5.41, 5.74) is 11.8. The number of allylic oxidation sites excluding steroid dienone is 4. The van der Waals surface area contributed by atoms with Crippen LogP contribution in [0.3, 0.4) is 0 Å². The van der Waals surface area contributed by atoms with Crippen molar-refractivity contribution in [1.29, 1.82) is 0 Å². The molecule has 2 amide bonds. The number of halogens is 1. The fourth-order valence-electron chi connectivity index (χ4n) is 3.08. The summed E-state index contributed by atoms with van der Waals surface area (Å²) in [6, 6.07) is 0. The van der Waals surface area contributed by atoms with Gasteiger partial charge in [-0.1, -0.05) is 42.3 Å². The normalized spacial score (nSPS) is 16.9. The van der Waals surface area contributed by atoms with Gasteiger partial charge in [0.15, 0.2) is 22.5 Å². The Hall–Kier alpha value is -2.81. The maximum atomic E-state index is 12.6. The van der Waals surface area contributed by atoms with Crippen LogP contribution in [0.2, 0.25) is 5.15 Å². The number of nitrogens with zero attached hydrogens (tertiary/aromatic N) is 2. The standard InChI is InChI=1S/C21H31ClN6O3/c1-12-6-5-7-13(8-12)9-14(11-26-20(30)31-21(2,3)4)10-25-19(29)15-17(23)28-18(24)16(22)27-15/h5,7-8,12,14H,6,9-11H2,1-4H3,(H,25,29)(H,26,30)(H4,23,24,28). The highest BCUT2D eigenvalue weighted by Crippen LogP contribution is 2.22. The highest BCUT2D eigenvalue weighted by molar-refractivity contribution is 6.31. The number of hydrogen-bond acceptors (Lipinski definition) is 7. The van der Waals surface area contributed by atoms with Crippen molar-refractivity contribution in [2.75, 3.05) is 24.6 Å². The van der Waals surface area contributed by atoms with Gasteiger partial charge in [0.05, 0.1) is 0 Å². The van der Waals surface area contributed by atoms with Crippen molar-refractivity contribution in [2.24, 2.45) is 11.8 Å². The van der Waals surface area contributed by atoms with E-state index in [1.54, 1.807) is 20.8 Å². The number of alkyl carbamates (subject to hydrolysis) is 1. The second kappa shape index (κ2) is 10.5. The van der Waals surface area contributed by atoms with E-state index >= 15 is 0 Å². The fraction of sp³-hybridized carbons (Fsp3) is 0.524. The number of carbonyl (C=O) groups excluding carboxylic acids is 2. The van der Waals surface area contributed by atoms with Crippen LogP contribution in [0.1, 0.15) is 51.0 Å². The monoisotopic (exact) mass is 450 g/mol. The molecule has 0 bridgehead atoms. The quantitative estimate of drug-likeness (QED) is 0.499. The lowest BCUT2D eigenvalue weighted by atomic mass is 9.91.